The first-order chi connectivity index (χ1) is 9.79. The molecule has 0 heterocycles. The second-order valence-corrected chi connectivity index (χ2v) is 6.20. The molecule has 3 N–H and O–H groups in total. The molecule has 21 heavy (non-hydrogen) atoms. The number of amides is 1. The summed E-state index contributed by atoms with van der Waals surface area (Å²) in [5.74, 6) is 1.15. The number of ether oxygens (including phenoxy) is 1. The zero-order valence-electron chi connectivity index (χ0n) is 13.7. The second-order valence-electron chi connectivity index (χ2n) is 6.20. The molecular weight excluding hydrogens is 264 g/mol. The maximum absolute atomic E-state index is 12.0. The van der Waals surface area contributed by atoms with Gasteiger partial charge in [0.15, 0.2) is 0 Å². The van der Waals surface area contributed by atoms with Crippen LogP contribution in [0.2, 0.25) is 0 Å². The van der Waals surface area contributed by atoms with Crippen LogP contribution in [0.1, 0.15) is 52.6 Å². The molecule has 1 aromatic carbocycles. The zero-order chi connectivity index (χ0) is 16.0. The van der Waals surface area contributed by atoms with Crippen LogP contribution in [-0.4, -0.2) is 18.1 Å². The molecule has 0 aliphatic carbocycles. The van der Waals surface area contributed by atoms with Crippen molar-refractivity contribution in [2.45, 2.75) is 59.2 Å². The van der Waals surface area contributed by atoms with Crippen molar-refractivity contribution in [3.63, 3.8) is 0 Å². The van der Waals surface area contributed by atoms with Crippen LogP contribution in [0.4, 0.5) is 0 Å². The van der Waals surface area contributed by atoms with E-state index in [2.05, 4.69) is 19.2 Å². The predicted octanol–water partition coefficient (Wildman–Crippen LogP) is 3.02. The summed E-state index contributed by atoms with van der Waals surface area (Å²) in [6.07, 6.45) is 0.849. The first-order valence-electron chi connectivity index (χ1n) is 7.62. The van der Waals surface area contributed by atoms with Crippen molar-refractivity contribution in [3.05, 3.63) is 29.8 Å². The quantitative estimate of drug-likeness (QED) is 0.812. The minimum Gasteiger partial charge on any atom is -0.491 e. The third kappa shape index (κ3) is 6.17. The Morgan fingerprint density at radius 2 is 1.71 bits per heavy atom. The number of hydrogen-bond acceptors (Lipinski definition) is 3. The molecule has 1 unspecified atom stereocenters. The topological polar surface area (TPSA) is 64.4 Å². The molecule has 0 aliphatic heterocycles. The fourth-order valence-corrected chi connectivity index (χ4v) is 2.13. The standard InChI is InChI=1S/C17H28N2O2/c1-11(2)10-16(18)17(20)19-13(5)14-6-8-15(9-7-14)21-12(3)4/h6-9,11-13,16H,10,18H2,1-5H3,(H,19,20)/t13?,16-/m1/s1. The highest BCUT2D eigenvalue weighted by Gasteiger charge is 2.17. The molecule has 0 bridgehead atoms. The van der Waals surface area contributed by atoms with Crippen molar-refractivity contribution in [1.82, 2.24) is 5.32 Å². The van der Waals surface area contributed by atoms with Gasteiger partial charge in [-0.3, -0.25) is 4.79 Å². The van der Waals surface area contributed by atoms with Gasteiger partial charge in [-0.05, 0) is 50.8 Å². The number of benzene rings is 1. The van der Waals surface area contributed by atoms with Crippen LogP contribution in [-0.2, 0) is 4.79 Å². The second kappa shape index (κ2) is 8.03. The average Bonchev–Trinajstić information content (AvgIpc) is 2.37. The Labute approximate surface area is 128 Å². The largest absolute Gasteiger partial charge is 0.491 e. The summed E-state index contributed by atoms with van der Waals surface area (Å²) in [4.78, 5) is 12.0. The predicted molar refractivity (Wildman–Crippen MR) is 86.2 cm³/mol. The zero-order valence-corrected chi connectivity index (χ0v) is 13.7. The fraction of sp³-hybridized carbons (Fsp3) is 0.588. The third-order valence-electron chi connectivity index (χ3n) is 3.17. The number of rotatable bonds is 7. The molecule has 0 saturated carbocycles. The van der Waals surface area contributed by atoms with Crippen LogP contribution >= 0.6 is 0 Å². The van der Waals surface area contributed by atoms with Crippen LogP contribution in [0.25, 0.3) is 0 Å². The highest BCUT2D eigenvalue weighted by atomic mass is 16.5. The van der Waals surface area contributed by atoms with E-state index in [0.29, 0.717) is 12.3 Å². The van der Waals surface area contributed by atoms with Crippen molar-refractivity contribution >= 4 is 5.91 Å². The van der Waals surface area contributed by atoms with Gasteiger partial charge in [-0.15, -0.1) is 0 Å². The van der Waals surface area contributed by atoms with E-state index in [9.17, 15) is 4.79 Å². The maximum Gasteiger partial charge on any atom is 0.237 e. The summed E-state index contributed by atoms with van der Waals surface area (Å²) in [6, 6.07) is 7.27. The molecule has 0 aliphatic rings. The number of hydrogen-bond donors (Lipinski definition) is 2. The van der Waals surface area contributed by atoms with Crippen LogP contribution in [0.15, 0.2) is 24.3 Å². The van der Waals surface area contributed by atoms with Crippen molar-refractivity contribution < 1.29 is 9.53 Å². The van der Waals surface area contributed by atoms with Gasteiger partial charge in [0.25, 0.3) is 0 Å². The van der Waals surface area contributed by atoms with Gasteiger partial charge >= 0.3 is 0 Å². The summed E-state index contributed by atoms with van der Waals surface area (Å²) in [5.41, 5.74) is 6.93. The highest BCUT2D eigenvalue weighted by molar-refractivity contribution is 5.81. The maximum atomic E-state index is 12.0. The third-order valence-corrected chi connectivity index (χ3v) is 3.17. The van der Waals surface area contributed by atoms with E-state index < -0.39 is 6.04 Å². The molecule has 4 heteroatoms. The van der Waals surface area contributed by atoms with Crippen molar-refractivity contribution in [2.24, 2.45) is 11.7 Å². The Morgan fingerprint density at radius 1 is 1.14 bits per heavy atom. The first-order valence-corrected chi connectivity index (χ1v) is 7.62. The lowest BCUT2D eigenvalue weighted by Gasteiger charge is -2.19. The van der Waals surface area contributed by atoms with Crippen molar-refractivity contribution in [3.8, 4) is 5.75 Å². The molecule has 4 nitrogen and oxygen atoms in total. The molecule has 0 fully saturated rings. The van der Waals surface area contributed by atoms with Crippen LogP contribution in [0.3, 0.4) is 0 Å². The van der Waals surface area contributed by atoms with Gasteiger partial charge in [0.05, 0.1) is 18.2 Å². The van der Waals surface area contributed by atoms with Gasteiger partial charge < -0.3 is 15.8 Å². The summed E-state index contributed by atoms with van der Waals surface area (Å²) in [7, 11) is 0. The van der Waals surface area contributed by atoms with Gasteiger partial charge in [-0.1, -0.05) is 26.0 Å². The number of carbonyl (C=O) groups excluding carboxylic acids is 1. The number of nitrogens with one attached hydrogen (secondary N) is 1. The van der Waals surface area contributed by atoms with E-state index in [1.165, 1.54) is 0 Å². The molecule has 0 spiro atoms. The number of carbonyl (C=O) groups is 1. The van der Waals surface area contributed by atoms with E-state index >= 15 is 0 Å². The molecule has 118 valence electrons. The minimum absolute atomic E-state index is 0.0659. The van der Waals surface area contributed by atoms with Crippen LogP contribution < -0.4 is 15.8 Å². The smallest absolute Gasteiger partial charge is 0.237 e. The van der Waals surface area contributed by atoms with E-state index in [-0.39, 0.29) is 18.1 Å². The summed E-state index contributed by atoms with van der Waals surface area (Å²) in [5, 5.41) is 2.96. The molecule has 2 atom stereocenters. The molecule has 0 saturated heterocycles. The normalized spacial score (nSPS) is 14.1. The fourth-order valence-electron chi connectivity index (χ4n) is 2.13. The molecule has 0 radical (unpaired) electrons. The van der Waals surface area contributed by atoms with E-state index in [4.69, 9.17) is 10.5 Å². The van der Waals surface area contributed by atoms with E-state index in [0.717, 1.165) is 11.3 Å². The summed E-state index contributed by atoms with van der Waals surface area (Å²) in [6.45, 7) is 10.1. The lowest BCUT2D eigenvalue weighted by atomic mass is 10.0. The van der Waals surface area contributed by atoms with Crippen molar-refractivity contribution in [1.29, 1.82) is 0 Å². The molecule has 1 aromatic rings. The Hall–Kier alpha value is -1.55. The Morgan fingerprint density at radius 3 is 2.19 bits per heavy atom. The molecular formula is C17H28N2O2. The highest BCUT2D eigenvalue weighted by Crippen LogP contribution is 2.18. The van der Waals surface area contributed by atoms with Crippen molar-refractivity contribution in [2.75, 3.05) is 0 Å². The minimum atomic E-state index is -0.448. The van der Waals surface area contributed by atoms with Gasteiger partial charge in [-0.2, -0.15) is 0 Å². The van der Waals surface area contributed by atoms with Gasteiger partial charge in [-0.25, -0.2) is 0 Å². The molecule has 1 rings (SSSR count). The molecule has 1 amide bonds. The van der Waals surface area contributed by atoms with Gasteiger partial charge in [0.1, 0.15) is 5.75 Å². The van der Waals surface area contributed by atoms with Crippen LogP contribution in [0.5, 0.6) is 5.75 Å². The van der Waals surface area contributed by atoms with Gasteiger partial charge in [0.2, 0.25) is 5.91 Å². The Kier molecular flexibility index (Phi) is 6.69. The lowest BCUT2D eigenvalue weighted by molar-refractivity contribution is -0.123. The number of nitrogens with two attached hydrogens (primary N) is 1. The lowest BCUT2D eigenvalue weighted by Crippen LogP contribution is -2.42. The molecule has 0 aromatic heterocycles. The first kappa shape index (κ1) is 17.5. The van der Waals surface area contributed by atoms with E-state index in [1.54, 1.807) is 0 Å². The monoisotopic (exact) mass is 292 g/mol. The van der Waals surface area contributed by atoms with Crippen LogP contribution in [0, 0.1) is 5.92 Å². The summed E-state index contributed by atoms with van der Waals surface area (Å²) >= 11 is 0. The Balaban J connectivity index is 2.58. The Bertz CT molecular complexity index is 441. The summed E-state index contributed by atoms with van der Waals surface area (Å²) < 4.78 is 5.60. The van der Waals surface area contributed by atoms with E-state index in [1.807, 2.05) is 45.0 Å². The average molecular weight is 292 g/mol. The van der Waals surface area contributed by atoms with Gasteiger partial charge in [0, 0.05) is 0 Å². The SMILES string of the molecule is CC(C)C[C@@H](N)C(=O)NC(C)c1ccc(OC(C)C)cc1.